The van der Waals surface area contributed by atoms with Crippen molar-refractivity contribution in [1.29, 1.82) is 5.26 Å². The molecule has 0 spiro atoms. The lowest BCUT2D eigenvalue weighted by atomic mass is 10.1. The van der Waals surface area contributed by atoms with Crippen molar-refractivity contribution in [3.05, 3.63) is 36.7 Å². The monoisotopic (exact) mass is 268 g/mol. The fourth-order valence-corrected chi connectivity index (χ4v) is 1.86. The summed E-state index contributed by atoms with van der Waals surface area (Å²) < 4.78 is 5.33. The van der Waals surface area contributed by atoms with Crippen LogP contribution in [0.4, 0.5) is 5.95 Å². The molecule has 0 atom stereocenters. The van der Waals surface area contributed by atoms with Crippen molar-refractivity contribution in [3.8, 4) is 22.9 Å². The van der Waals surface area contributed by atoms with Crippen LogP contribution < -0.4 is 9.64 Å². The van der Waals surface area contributed by atoms with Gasteiger partial charge in [-0.1, -0.05) is 18.2 Å². The van der Waals surface area contributed by atoms with Crippen molar-refractivity contribution in [2.24, 2.45) is 0 Å². The van der Waals surface area contributed by atoms with Crippen molar-refractivity contribution in [2.45, 2.75) is 6.42 Å². The summed E-state index contributed by atoms with van der Waals surface area (Å²) in [6.45, 7) is 0.616. The van der Waals surface area contributed by atoms with E-state index in [1.54, 1.807) is 19.5 Å². The largest absolute Gasteiger partial charge is 0.496 e. The van der Waals surface area contributed by atoms with Gasteiger partial charge in [0, 0.05) is 37.1 Å². The summed E-state index contributed by atoms with van der Waals surface area (Å²) >= 11 is 0. The lowest BCUT2D eigenvalue weighted by Gasteiger charge is -2.15. The number of benzene rings is 1. The van der Waals surface area contributed by atoms with Gasteiger partial charge in [0.15, 0.2) is 0 Å². The Morgan fingerprint density at radius 3 is 2.60 bits per heavy atom. The number of nitriles is 1. The molecule has 102 valence electrons. The highest BCUT2D eigenvalue weighted by atomic mass is 16.5. The third-order valence-corrected chi connectivity index (χ3v) is 2.96. The van der Waals surface area contributed by atoms with Crippen LogP contribution in [0.1, 0.15) is 6.42 Å². The summed E-state index contributed by atoms with van der Waals surface area (Å²) in [6.07, 6.45) is 3.99. The van der Waals surface area contributed by atoms with Gasteiger partial charge in [-0.25, -0.2) is 9.97 Å². The van der Waals surface area contributed by atoms with Gasteiger partial charge in [0.2, 0.25) is 5.95 Å². The van der Waals surface area contributed by atoms with Crippen LogP contribution in [0, 0.1) is 11.3 Å². The number of nitrogens with zero attached hydrogens (tertiary/aromatic N) is 4. The standard InChI is InChI=1S/C15H16N4O/c1-19(9-5-8-16)15-17-10-12(11-18-15)13-6-3-4-7-14(13)20-2/h3-4,6-7,10-11H,5,9H2,1-2H3. The van der Waals surface area contributed by atoms with Gasteiger partial charge in [-0.3, -0.25) is 0 Å². The molecule has 2 aromatic rings. The van der Waals surface area contributed by atoms with Crippen molar-refractivity contribution in [2.75, 3.05) is 25.6 Å². The zero-order valence-corrected chi connectivity index (χ0v) is 11.6. The molecular formula is C15H16N4O. The van der Waals surface area contributed by atoms with E-state index in [1.165, 1.54) is 0 Å². The number of para-hydroxylation sites is 1. The van der Waals surface area contributed by atoms with Crippen molar-refractivity contribution < 1.29 is 4.74 Å². The van der Waals surface area contributed by atoms with Gasteiger partial charge in [-0.05, 0) is 6.07 Å². The van der Waals surface area contributed by atoms with Crippen LogP contribution in [0.15, 0.2) is 36.7 Å². The van der Waals surface area contributed by atoms with Gasteiger partial charge in [0.1, 0.15) is 5.75 Å². The van der Waals surface area contributed by atoms with Gasteiger partial charge in [0.25, 0.3) is 0 Å². The smallest absolute Gasteiger partial charge is 0.225 e. The van der Waals surface area contributed by atoms with E-state index in [2.05, 4.69) is 16.0 Å². The van der Waals surface area contributed by atoms with Crippen LogP contribution in [-0.4, -0.2) is 30.7 Å². The van der Waals surface area contributed by atoms with Gasteiger partial charge in [0.05, 0.1) is 19.6 Å². The first-order chi connectivity index (χ1) is 9.76. The van der Waals surface area contributed by atoms with E-state index < -0.39 is 0 Å². The molecule has 0 amide bonds. The maximum absolute atomic E-state index is 8.58. The predicted molar refractivity (Wildman–Crippen MR) is 77.5 cm³/mol. The highest BCUT2D eigenvalue weighted by Crippen LogP contribution is 2.28. The van der Waals surface area contributed by atoms with Crippen LogP contribution in [-0.2, 0) is 0 Å². The maximum atomic E-state index is 8.58. The number of aromatic nitrogens is 2. The number of anilines is 1. The van der Waals surface area contributed by atoms with Gasteiger partial charge in [-0.15, -0.1) is 0 Å². The van der Waals surface area contributed by atoms with Crippen LogP contribution >= 0.6 is 0 Å². The average molecular weight is 268 g/mol. The Balaban J connectivity index is 2.22. The molecule has 0 saturated carbocycles. The number of ether oxygens (including phenoxy) is 1. The minimum atomic E-state index is 0.452. The molecule has 1 aromatic heterocycles. The van der Waals surface area contributed by atoms with Crippen molar-refractivity contribution in [1.82, 2.24) is 9.97 Å². The molecule has 2 rings (SSSR count). The number of rotatable bonds is 5. The topological polar surface area (TPSA) is 62.0 Å². The first kappa shape index (κ1) is 13.8. The molecule has 5 nitrogen and oxygen atoms in total. The van der Waals surface area contributed by atoms with E-state index >= 15 is 0 Å². The zero-order chi connectivity index (χ0) is 14.4. The molecule has 20 heavy (non-hydrogen) atoms. The number of hydrogen-bond acceptors (Lipinski definition) is 5. The highest BCUT2D eigenvalue weighted by Gasteiger charge is 2.08. The normalized spacial score (nSPS) is 9.85. The van der Waals surface area contributed by atoms with Crippen molar-refractivity contribution >= 4 is 5.95 Å². The van der Waals surface area contributed by atoms with Crippen LogP contribution in [0.3, 0.4) is 0 Å². The first-order valence-electron chi connectivity index (χ1n) is 6.29. The second-order valence-electron chi connectivity index (χ2n) is 4.30. The molecular weight excluding hydrogens is 252 g/mol. The summed E-state index contributed by atoms with van der Waals surface area (Å²) in [4.78, 5) is 10.5. The Labute approximate surface area is 118 Å². The summed E-state index contributed by atoms with van der Waals surface area (Å²) in [5.41, 5.74) is 1.86. The predicted octanol–water partition coefficient (Wildman–Crippen LogP) is 2.50. The molecule has 0 saturated heterocycles. The summed E-state index contributed by atoms with van der Waals surface area (Å²) in [5, 5.41) is 8.58. The fraction of sp³-hybridized carbons (Fsp3) is 0.267. The molecule has 0 radical (unpaired) electrons. The van der Waals surface area contributed by atoms with E-state index in [4.69, 9.17) is 10.00 Å². The van der Waals surface area contributed by atoms with Gasteiger partial charge >= 0.3 is 0 Å². The fourth-order valence-electron chi connectivity index (χ4n) is 1.86. The molecule has 0 bridgehead atoms. The van der Waals surface area contributed by atoms with Crippen LogP contribution in [0.25, 0.3) is 11.1 Å². The van der Waals surface area contributed by atoms with E-state index in [1.807, 2.05) is 36.2 Å². The average Bonchev–Trinajstić information content (AvgIpc) is 2.52. The Bertz CT molecular complexity index is 604. The summed E-state index contributed by atoms with van der Waals surface area (Å²) in [6, 6.07) is 9.85. The van der Waals surface area contributed by atoms with Crippen molar-refractivity contribution in [3.63, 3.8) is 0 Å². The number of methoxy groups -OCH3 is 1. The zero-order valence-electron chi connectivity index (χ0n) is 11.6. The third kappa shape index (κ3) is 3.04. The van der Waals surface area contributed by atoms with E-state index in [-0.39, 0.29) is 0 Å². The number of hydrogen-bond donors (Lipinski definition) is 0. The Kier molecular flexibility index (Phi) is 4.51. The molecule has 0 aliphatic rings. The van der Waals surface area contributed by atoms with E-state index in [0.29, 0.717) is 18.9 Å². The maximum Gasteiger partial charge on any atom is 0.225 e. The molecule has 5 heteroatoms. The molecule has 0 unspecified atom stereocenters. The Hall–Kier alpha value is -2.61. The highest BCUT2D eigenvalue weighted by molar-refractivity contribution is 5.69. The van der Waals surface area contributed by atoms with E-state index in [9.17, 15) is 0 Å². The second-order valence-corrected chi connectivity index (χ2v) is 4.30. The molecule has 0 fully saturated rings. The second kappa shape index (κ2) is 6.53. The van der Waals surface area contributed by atoms with Crippen LogP contribution in [0.2, 0.25) is 0 Å². The first-order valence-corrected chi connectivity index (χ1v) is 6.29. The molecule has 0 N–H and O–H groups in total. The Morgan fingerprint density at radius 1 is 1.25 bits per heavy atom. The molecule has 0 aliphatic carbocycles. The Morgan fingerprint density at radius 2 is 1.95 bits per heavy atom. The lowest BCUT2D eigenvalue weighted by Crippen LogP contribution is -2.20. The minimum Gasteiger partial charge on any atom is -0.496 e. The van der Waals surface area contributed by atoms with Gasteiger partial charge < -0.3 is 9.64 Å². The van der Waals surface area contributed by atoms with Gasteiger partial charge in [-0.2, -0.15) is 5.26 Å². The molecule has 1 heterocycles. The lowest BCUT2D eigenvalue weighted by molar-refractivity contribution is 0.416. The summed E-state index contributed by atoms with van der Waals surface area (Å²) in [7, 11) is 3.51. The van der Waals surface area contributed by atoms with Crippen LogP contribution in [0.5, 0.6) is 5.75 Å². The summed E-state index contributed by atoms with van der Waals surface area (Å²) in [5.74, 6) is 1.40. The van der Waals surface area contributed by atoms with E-state index in [0.717, 1.165) is 16.9 Å². The molecule has 1 aromatic carbocycles. The SMILES string of the molecule is COc1ccccc1-c1cnc(N(C)CCC#N)nc1. The molecule has 0 aliphatic heterocycles. The third-order valence-electron chi connectivity index (χ3n) is 2.96. The minimum absolute atomic E-state index is 0.452. The quantitative estimate of drug-likeness (QED) is 0.833.